The molecule has 1 rings (SSSR count). The quantitative estimate of drug-likeness (QED) is 0.620. The minimum absolute atomic E-state index is 0.0668. The number of amides is 2. The number of carbonyl (C=O) groups is 2. The third kappa shape index (κ3) is 5.87. The Bertz CT molecular complexity index is 468. The molecule has 0 unspecified atom stereocenters. The summed E-state index contributed by atoms with van der Waals surface area (Å²) in [5.74, 6) is 0.674. The molecule has 0 aliphatic heterocycles. The minimum atomic E-state index is -0.442. The molecule has 0 saturated heterocycles. The average Bonchev–Trinajstić information content (AvgIpc) is 2.75. The van der Waals surface area contributed by atoms with Crippen LogP contribution < -0.4 is 10.6 Å². The summed E-state index contributed by atoms with van der Waals surface area (Å²) < 4.78 is 0.837. The maximum atomic E-state index is 11.7. The van der Waals surface area contributed by atoms with Gasteiger partial charge in [-0.15, -0.1) is 10.2 Å². The van der Waals surface area contributed by atoms with Crippen LogP contribution in [0.4, 0.5) is 5.13 Å². The molecule has 1 aromatic rings. The Hall–Kier alpha value is -1.15. The van der Waals surface area contributed by atoms with Gasteiger partial charge in [-0.3, -0.25) is 9.59 Å². The molecule has 0 aromatic carbocycles. The van der Waals surface area contributed by atoms with Crippen molar-refractivity contribution < 1.29 is 9.59 Å². The Morgan fingerprint density at radius 3 is 2.60 bits per heavy atom. The zero-order valence-electron chi connectivity index (χ0n) is 12.1. The van der Waals surface area contributed by atoms with Crippen molar-refractivity contribution in [3.8, 4) is 0 Å². The van der Waals surface area contributed by atoms with Gasteiger partial charge in [0.2, 0.25) is 16.9 Å². The van der Waals surface area contributed by atoms with Crippen molar-refractivity contribution in [2.24, 2.45) is 5.41 Å². The van der Waals surface area contributed by atoms with Gasteiger partial charge in [-0.2, -0.15) is 0 Å². The van der Waals surface area contributed by atoms with Gasteiger partial charge in [-0.05, 0) is 5.75 Å². The number of rotatable bonds is 6. The van der Waals surface area contributed by atoms with E-state index in [0.29, 0.717) is 11.7 Å². The molecule has 2 N–H and O–H groups in total. The van der Waals surface area contributed by atoms with Gasteiger partial charge in [0.05, 0.1) is 0 Å². The molecule has 1 aromatic heterocycles. The van der Waals surface area contributed by atoms with Gasteiger partial charge in [-0.1, -0.05) is 50.8 Å². The van der Waals surface area contributed by atoms with Crippen molar-refractivity contribution in [3.05, 3.63) is 0 Å². The van der Waals surface area contributed by atoms with Crippen LogP contribution in [0.25, 0.3) is 0 Å². The first-order valence-electron chi connectivity index (χ1n) is 6.37. The molecule has 2 amide bonds. The van der Waals surface area contributed by atoms with Crippen molar-refractivity contribution in [2.45, 2.75) is 38.5 Å². The van der Waals surface area contributed by atoms with Crippen molar-refractivity contribution in [1.82, 2.24) is 15.5 Å². The van der Waals surface area contributed by atoms with Gasteiger partial charge < -0.3 is 10.6 Å². The molecule has 0 spiro atoms. The van der Waals surface area contributed by atoms with Gasteiger partial charge >= 0.3 is 0 Å². The zero-order valence-corrected chi connectivity index (χ0v) is 13.8. The Balaban J connectivity index is 2.31. The molecule has 0 radical (unpaired) electrons. The van der Waals surface area contributed by atoms with E-state index in [-0.39, 0.29) is 18.2 Å². The van der Waals surface area contributed by atoms with E-state index in [4.69, 9.17) is 0 Å². The van der Waals surface area contributed by atoms with Crippen LogP contribution in [0.3, 0.4) is 0 Å². The maximum absolute atomic E-state index is 11.7. The first-order chi connectivity index (χ1) is 9.32. The third-order valence-electron chi connectivity index (χ3n) is 2.24. The van der Waals surface area contributed by atoms with Crippen LogP contribution in [-0.2, 0) is 9.59 Å². The lowest BCUT2D eigenvalue weighted by atomic mass is 9.96. The van der Waals surface area contributed by atoms with Crippen molar-refractivity contribution in [2.75, 3.05) is 17.6 Å². The first kappa shape index (κ1) is 16.9. The van der Waals surface area contributed by atoms with Crippen LogP contribution in [0.5, 0.6) is 0 Å². The second-order valence-corrected chi connectivity index (χ2v) is 7.60. The van der Waals surface area contributed by atoms with Crippen molar-refractivity contribution >= 4 is 40.0 Å². The zero-order chi connectivity index (χ0) is 15.2. The molecular weight excluding hydrogens is 296 g/mol. The number of thioether (sulfide) groups is 1. The first-order valence-corrected chi connectivity index (χ1v) is 8.17. The van der Waals surface area contributed by atoms with E-state index in [1.807, 2.05) is 27.7 Å². The fraction of sp³-hybridized carbons (Fsp3) is 0.667. The Morgan fingerprint density at radius 1 is 1.30 bits per heavy atom. The number of aromatic nitrogens is 2. The van der Waals surface area contributed by atoms with Crippen LogP contribution in [0.15, 0.2) is 4.34 Å². The van der Waals surface area contributed by atoms with Gasteiger partial charge in [0, 0.05) is 18.4 Å². The number of nitrogens with zero attached hydrogens (tertiary/aromatic N) is 2. The molecule has 0 aliphatic rings. The summed E-state index contributed by atoms with van der Waals surface area (Å²) in [4.78, 5) is 23.3. The molecule has 0 fully saturated rings. The molecule has 0 atom stereocenters. The number of hydrogen-bond acceptors (Lipinski definition) is 6. The fourth-order valence-corrected chi connectivity index (χ4v) is 2.84. The standard InChI is InChI=1S/C12H20N4O2S2/c1-5-19-11-16-15-10(20-11)14-8(17)6-7-13-9(18)12(2,3)4/h5-7H2,1-4H3,(H,13,18)(H,14,15,17). The van der Waals surface area contributed by atoms with E-state index >= 15 is 0 Å². The number of hydrogen-bond donors (Lipinski definition) is 2. The van der Waals surface area contributed by atoms with Crippen molar-refractivity contribution in [1.29, 1.82) is 0 Å². The van der Waals surface area contributed by atoms with E-state index < -0.39 is 5.41 Å². The summed E-state index contributed by atoms with van der Waals surface area (Å²) in [6, 6.07) is 0. The van der Waals surface area contributed by atoms with Gasteiger partial charge in [0.15, 0.2) is 4.34 Å². The monoisotopic (exact) mass is 316 g/mol. The predicted molar refractivity (Wildman–Crippen MR) is 82.0 cm³/mol. The van der Waals surface area contributed by atoms with Crippen molar-refractivity contribution in [3.63, 3.8) is 0 Å². The second-order valence-electron chi connectivity index (χ2n) is 5.11. The van der Waals surface area contributed by atoms with Crippen LogP contribution in [0.1, 0.15) is 34.1 Å². The lowest BCUT2D eigenvalue weighted by Gasteiger charge is -2.17. The maximum Gasteiger partial charge on any atom is 0.227 e. The van der Waals surface area contributed by atoms with Gasteiger partial charge in [0.1, 0.15) is 0 Å². The molecule has 8 heteroatoms. The topological polar surface area (TPSA) is 84.0 Å². The summed E-state index contributed by atoms with van der Waals surface area (Å²) in [6.07, 6.45) is 0.220. The Morgan fingerprint density at radius 2 is 2.00 bits per heavy atom. The molecule has 20 heavy (non-hydrogen) atoms. The molecule has 6 nitrogen and oxygen atoms in total. The lowest BCUT2D eigenvalue weighted by Crippen LogP contribution is -2.36. The van der Waals surface area contributed by atoms with E-state index in [1.165, 1.54) is 11.3 Å². The molecule has 0 bridgehead atoms. The molecular formula is C12H20N4O2S2. The fourth-order valence-electron chi connectivity index (χ4n) is 1.18. The Labute approximate surface area is 127 Å². The second kappa shape index (κ2) is 7.58. The number of anilines is 1. The Kier molecular flexibility index (Phi) is 6.41. The van der Waals surface area contributed by atoms with Crippen LogP contribution >= 0.6 is 23.1 Å². The van der Waals surface area contributed by atoms with Crippen LogP contribution in [0.2, 0.25) is 0 Å². The van der Waals surface area contributed by atoms with E-state index in [9.17, 15) is 9.59 Å². The average molecular weight is 316 g/mol. The number of nitrogens with one attached hydrogen (secondary N) is 2. The van der Waals surface area contributed by atoms with Gasteiger partial charge in [0.25, 0.3) is 0 Å². The van der Waals surface area contributed by atoms with E-state index in [2.05, 4.69) is 20.8 Å². The summed E-state index contributed by atoms with van der Waals surface area (Å²) in [5, 5.41) is 13.7. The highest BCUT2D eigenvalue weighted by molar-refractivity contribution is 8.01. The normalized spacial score (nSPS) is 11.2. The summed E-state index contributed by atoms with van der Waals surface area (Å²) in [7, 11) is 0. The smallest absolute Gasteiger partial charge is 0.227 e. The van der Waals surface area contributed by atoms with E-state index in [1.54, 1.807) is 11.8 Å². The van der Waals surface area contributed by atoms with E-state index in [0.717, 1.165) is 10.1 Å². The highest BCUT2D eigenvalue weighted by Crippen LogP contribution is 2.24. The summed E-state index contributed by atoms with van der Waals surface area (Å²) >= 11 is 2.94. The third-order valence-corrected chi connectivity index (χ3v) is 4.09. The largest absolute Gasteiger partial charge is 0.355 e. The predicted octanol–water partition coefficient (Wildman–Crippen LogP) is 2.14. The minimum Gasteiger partial charge on any atom is -0.355 e. The SMILES string of the molecule is CCSc1nnc(NC(=O)CCNC(=O)C(C)(C)C)s1. The molecule has 0 saturated carbocycles. The molecule has 0 aliphatic carbocycles. The number of carbonyl (C=O) groups excluding carboxylic acids is 2. The van der Waals surface area contributed by atoms with Crippen LogP contribution in [-0.4, -0.2) is 34.3 Å². The highest BCUT2D eigenvalue weighted by atomic mass is 32.2. The summed E-state index contributed by atoms with van der Waals surface area (Å²) in [6.45, 7) is 7.84. The highest BCUT2D eigenvalue weighted by Gasteiger charge is 2.20. The van der Waals surface area contributed by atoms with Gasteiger partial charge in [-0.25, -0.2) is 0 Å². The van der Waals surface area contributed by atoms with Crippen LogP contribution in [0, 0.1) is 5.41 Å². The molecule has 1 heterocycles. The summed E-state index contributed by atoms with van der Waals surface area (Å²) in [5.41, 5.74) is -0.442. The molecule has 112 valence electrons. The lowest BCUT2D eigenvalue weighted by molar-refractivity contribution is -0.128.